The molecule has 1 N–H and O–H groups in total. The third-order valence-corrected chi connectivity index (χ3v) is 6.03. The van der Waals surface area contributed by atoms with Gasteiger partial charge < -0.3 is 10.1 Å². The molecule has 2 fully saturated rings. The van der Waals surface area contributed by atoms with Crippen LogP contribution in [-0.2, 0) is 4.74 Å². The van der Waals surface area contributed by atoms with Crippen LogP contribution in [-0.4, -0.2) is 48.8 Å². The molecule has 2 heterocycles. The quantitative estimate of drug-likeness (QED) is 0.812. The first kappa shape index (κ1) is 17.2. The predicted octanol–water partition coefficient (Wildman–Crippen LogP) is 3.43. The molecule has 0 bridgehead atoms. The van der Waals surface area contributed by atoms with Crippen molar-refractivity contribution in [2.75, 3.05) is 26.2 Å². The number of hydrogen-bond donors (Lipinski definition) is 1. The highest BCUT2D eigenvalue weighted by Gasteiger charge is 2.39. The molecule has 0 aromatic carbocycles. The molecule has 3 nitrogen and oxygen atoms in total. The number of ether oxygens (including phenoxy) is 1. The second kappa shape index (κ2) is 7.94. The van der Waals surface area contributed by atoms with E-state index in [0.29, 0.717) is 17.7 Å². The van der Waals surface area contributed by atoms with Crippen LogP contribution in [0.5, 0.6) is 0 Å². The van der Waals surface area contributed by atoms with E-state index < -0.39 is 0 Å². The summed E-state index contributed by atoms with van der Waals surface area (Å²) in [4.78, 5) is 2.76. The van der Waals surface area contributed by atoms with Crippen LogP contribution in [0.25, 0.3) is 0 Å². The van der Waals surface area contributed by atoms with Crippen molar-refractivity contribution in [1.29, 1.82) is 0 Å². The molecule has 0 spiro atoms. The second-order valence-electron chi connectivity index (χ2n) is 7.24. The highest BCUT2D eigenvalue weighted by molar-refractivity contribution is 4.98. The Kier molecular flexibility index (Phi) is 6.51. The van der Waals surface area contributed by atoms with Gasteiger partial charge in [0.05, 0.1) is 6.10 Å². The van der Waals surface area contributed by atoms with Crippen LogP contribution in [0.3, 0.4) is 0 Å². The first-order chi connectivity index (χ1) is 10.1. The summed E-state index contributed by atoms with van der Waals surface area (Å²) in [6.45, 7) is 13.8. The lowest BCUT2D eigenvalue weighted by Crippen LogP contribution is -2.66. The molecule has 0 aromatic rings. The highest BCUT2D eigenvalue weighted by atomic mass is 16.5. The van der Waals surface area contributed by atoms with Gasteiger partial charge in [-0.3, -0.25) is 4.90 Å². The van der Waals surface area contributed by atoms with Crippen molar-refractivity contribution < 1.29 is 4.74 Å². The standard InChI is InChI=1S/C18H36N2O/c1-5-15(4)17-12-19-18(6-2,7-3)14-20(17)13-16-10-8-9-11-21-16/h15-17,19H,5-14H2,1-4H3. The molecule has 124 valence electrons. The van der Waals surface area contributed by atoms with E-state index in [2.05, 4.69) is 37.9 Å². The van der Waals surface area contributed by atoms with E-state index in [4.69, 9.17) is 4.74 Å². The molecule has 2 rings (SSSR count). The van der Waals surface area contributed by atoms with Gasteiger partial charge in [0.25, 0.3) is 0 Å². The van der Waals surface area contributed by atoms with Crippen molar-refractivity contribution in [3.8, 4) is 0 Å². The molecule has 3 heteroatoms. The van der Waals surface area contributed by atoms with Crippen molar-refractivity contribution in [3.63, 3.8) is 0 Å². The zero-order valence-corrected chi connectivity index (χ0v) is 14.7. The number of piperazine rings is 1. The van der Waals surface area contributed by atoms with Crippen LogP contribution in [0.15, 0.2) is 0 Å². The highest BCUT2D eigenvalue weighted by Crippen LogP contribution is 2.28. The first-order valence-electron chi connectivity index (χ1n) is 9.24. The van der Waals surface area contributed by atoms with Crippen LogP contribution < -0.4 is 5.32 Å². The molecule has 2 aliphatic rings. The van der Waals surface area contributed by atoms with Gasteiger partial charge in [-0.2, -0.15) is 0 Å². The Morgan fingerprint density at radius 3 is 2.57 bits per heavy atom. The summed E-state index contributed by atoms with van der Waals surface area (Å²) in [5.74, 6) is 0.757. The summed E-state index contributed by atoms with van der Waals surface area (Å²) < 4.78 is 6.02. The van der Waals surface area contributed by atoms with Crippen molar-refractivity contribution in [2.45, 2.75) is 83.9 Å². The van der Waals surface area contributed by atoms with Gasteiger partial charge >= 0.3 is 0 Å². The molecule has 0 aromatic heterocycles. The van der Waals surface area contributed by atoms with E-state index in [0.717, 1.165) is 25.6 Å². The van der Waals surface area contributed by atoms with Crippen molar-refractivity contribution in [3.05, 3.63) is 0 Å². The van der Waals surface area contributed by atoms with Crippen LogP contribution in [0.2, 0.25) is 0 Å². The summed E-state index contributed by atoms with van der Waals surface area (Å²) in [7, 11) is 0. The largest absolute Gasteiger partial charge is 0.377 e. The van der Waals surface area contributed by atoms with E-state index in [1.807, 2.05) is 0 Å². The minimum Gasteiger partial charge on any atom is -0.377 e. The fourth-order valence-corrected chi connectivity index (χ4v) is 3.98. The second-order valence-corrected chi connectivity index (χ2v) is 7.24. The predicted molar refractivity (Wildman–Crippen MR) is 89.7 cm³/mol. The van der Waals surface area contributed by atoms with Crippen LogP contribution in [0.4, 0.5) is 0 Å². The van der Waals surface area contributed by atoms with Crippen LogP contribution in [0, 0.1) is 5.92 Å². The monoisotopic (exact) mass is 296 g/mol. The molecule has 2 aliphatic heterocycles. The lowest BCUT2D eigenvalue weighted by Gasteiger charge is -2.50. The van der Waals surface area contributed by atoms with E-state index in [9.17, 15) is 0 Å². The summed E-state index contributed by atoms with van der Waals surface area (Å²) >= 11 is 0. The number of hydrogen-bond acceptors (Lipinski definition) is 3. The van der Waals surface area contributed by atoms with Crippen molar-refractivity contribution in [1.82, 2.24) is 10.2 Å². The molecule has 21 heavy (non-hydrogen) atoms. The Hall–Kier alpha value is -0.120. The Balaban J connectivity index is 2.04. The average Bonchev–Trinajstić information content (AvgIpc) is 2.55. The van der Waals surface area contributed by atoms with Crippen molar-refractivity contribution in [2.24, 2.45) is 5.92 Å². The summed E-state index contributed by atoms with van der Waals surface area (Å²) in [6.07, 6.45) is 8.02. The van der Waals surface area contributed by atoms with Gasteiger partial charge in [0.2, 0.25) is 0 Å². The molecule has 0 aliphatic carbocycles. The Labute approximate surface area is 131 Å². The summed E-state index contributed by atoms with van der Waals surface area (Å²) in [5, 5.41) is 3.88. The molecule has 3 atom stereocenters. The molecular weight excluding hydrogens is 260 g/mol. The van der Waals surface area contributed by atoms with E-state index in [1.54, 1.807) is 0 Å². The van der Waals surface area contributed by atoms with Gasteiger partial charge in [0, 0.05) is 37.8 Å². The number of rotatable bonds is 6. The van der Waals surface area contributed by atoms with Gasteiger partial charge in [0.15, 0.2) is 0 Å². The van der Waals surface area contributed by atoms with E-state index in [-0.39, 0.29) is 0 Å². The summed E-state index contributed by atoms with van der Waals surface area (Å²) in [5.41, 5.74) is 0.318. The SMILES string of the molecule is CCC(C)C1CNC(CC)(CC)CN1CC1CCCCO1. The fourth-order valence-electron chi connectivity index (χ4n) is 3.98. The normalized spacial score (nSPS) is 32.0. The topological polar surface area (TPSA) is 24.5 Å². The van der Waals surface area contributed by atoms with Gasteiger partial charge in [-0.25, -0.2) is 0 Å². The summed E-state index contributed by atoms with van der Waals surface area (Å²) in [6, 6.07) is 0.673. The fraction of sp³-hybridized carbons (Fsp3) is 1.00. The van der Waals surface area contributed by atoms with Gasteiger partial charge in [0.1, 0.15) is 0 Å². The Morgan fingerprint density at radius 2 is 2.00 bits per heavy atom. The van der Waals surface area contributed by atoms with E-state index >= 15 is 0 Å². The zero-order chi connectivity index (χ0) is 15.3. The van der Waals surface area contributed by atoms with Gasteiger partial charge in [-0.05, 0) is 38.0 Å². The zero-order valence-electron chi connectivity index (χ0n) is 14.7. The molecule has 0 saturated carbocycles. The lowest BCUT2D eigenvalue weighted by atomic mass is 9.85. The maximum Gasteiger partial charge on any atom is 0.0702 e. The molecular formula is C18H36N2O. The molecule has 0 amide bonds. The number of nitrogens with one attached hydrogen (secondary N) is 1. The number of nitrogens with zero attached hydrogens (tertiary/aromatic N) is 1. The maximum atomic E-state index is 6.02. The molecule has 0 radical (unpaired) electrons. The van der Waals surface area contributed by atoms with Gasteiger partial charge in [-0.15, -0.1) is 0 Å². The Morgan fingerprint density at radius 1 is 1.24 bits per heavy atom. The minimum atomic E-state index is 0.318. The van der Waals surface area contributed by atoms with E-state index in [1.165, 1.54) is 45.1 Å². The molecule has 2 saturated heterocycles. The molecule has 3 unspecified atom stereocenters. The van der Waals surface area contributed by atoms with Crippen molar-refractivity contribution >= 4 is 0 Å². The third kappa shape index (κ3) is 4.20. The first-order valence-corrected chi connectivity index (χ1v) is 9.24. The Bertz CT molecular complexity index is 298. The van der Waals surface area contributed by atoms with Crippen LogP contribution >= 0.6 is 0 Å². The maximum absolute atomic E-state index is 6.02. The smallest absolute Gasteiger partial charge is 0.0702 e. The lowest BCUT2D eigenvalue weighted by molar-refractivity contribution is -0.0389. The van der Waals surface area contributed by atoms with Gasteiger partial charge in [-0.1, -0.05) is 34.1 Å². The van der Waals surface area contributed by atoms with Crippen LogP contribution in [0.1, 0.15) is 66.2 Å². The average molecular weight is 296 g/mol. The minimum absolute atomic E-state index is 0.318. The third-order valence-electron chi connectivity index (χ3n) is 6.03.